The summed E-state index contributed by atoms with van der Waals surface area (Å²) in [4.78, 5) is 33.9. The second-order valence-corrected chi connectivity index (χ2v) is 6.85. The van der Waals surface area contributed by atoms with Gasteiger partial charge in [0.05, 0.1) is 38.8 Å². The molecule has 0 atom stereocenters. The van der Waals surface area contributed by atoms with Gasteiger partial charge in [-0.3, -0.25) is 9.59 Å². The standard InChI is InChI=1S/C22H25N3O5/c1-15(26)25(12-18-8-5-9-30-18)13-21-23-20(14-28-2)19(22(27)24-21)11-16-6-4-7-17(10-16)29-3/h4-10H,11-14H2,1-3H3,(H,23,24,27). The summed E-state index contributed by atoms with van der Waals surface area (Å²) in [5, 5.41) is 0. The lowest BCUT2D eigenvalue weighted by Crippen LogP contribution is -2.30. The average Bonchev–Trinajstić information content (AvgIpc) is 3.23. The summed E-state index contributed by atoms with van der Waals surface area (Å²) < 4.78 is 15.8. The number of nitrogens with one attached hydrogen (secondary N) is 1. The van der Waals surface area contributed by atoms with Crippen molar-refractivity contribution in [2.75, 3.05) is 14.2 Å². The smallest absolute Gasteiger partial charge is 0.254 e. The van der Waals surface area contributed by atoms with Gasteiger partial charge in [-0.25, -0.2) is 4.98 Å². The van der Waals surface area contributed by atoms with E-state index in [2.05, 4.69) is 9.97 Å². The Bertz CT molecular complexity index is 1040. The summed E-state index contributed by atoms with van der Waals surface area (Å²) in [6.07, 6.45) is 1.94. The van der Waals surface area contributed by atoms with Crippen molar-refractivity contribution >= 4 is 5.91 Å². The largest absolute Gasteiger partial charge is 0.497 e. The summed E-state index contributed by atoms with van der Waals surface area (Å²) in [6.45, 7) is 2.10. The van der Waals surface area contributed by atoms with Crippen molar-refractivity contribution < 1.29 is 18.7 Å². The molecule has 1 aromatic carbocycles. The van der Waals surface area contributed by atoms with E-state index in [1.807, 2.05) is 24.3 Å². The van der Waals surface area contributed by atoms with Gasteiger partial charge in [0.15, 0.2) is 0 Å². The lowest BCUT2D eigenvalue weighted by Gasteiger charge is -2.20. The fourth-order valence-corrected chi connectivity index (χ4v) is 3.15. The number of ether oxygens (including phenoxy) is 2. The van der Waals surface area contributed by atoms with Crippen LogP contribution in [0.15, 0.2) is 51.9 Å². The third-order valence-corrected chi connectivity index (χ3v) is 4.66. The summed E-state index contributed by atoms with van der Waals surface area (Å²) >= 11 is 0. The Morgan fingerprint density at radius 2 is 2.03 bits per heavy atom. The topological polar surface area (TPSA) is 97.7 Å². The van der Waals surface area contributed by atoms with Crippen LogP contribution in [0.1, 0.15) is 35.3 Å². The Balaban J connectivity index is 1.87. The fraction of sp³-hybridized carbons (Fsp3) is 0.318. The highest BCUT2D eigenvalue weighted by atomic mass is 16.5. The van der Waals surface area contributed by atoms with Gasteiger partial charge in [-0.05, 0) is 29.8 Å². The molecule has 0 radical (unpaired) electrons. The molecule has 0 spiro atoms. The number of methoxy groups -OCH3 is 2. The number of carbonyl (C=O) groups is 1. The molecule has 2 aromatic heterocycles. The third-order valence-electron chi connectivity index (χ3n) is 4.66. The highest BCUT2D eigenvalue weighted by Crippen LogP contribution is 2.17. The number of aromatic amines is 1. The van der Waals surface area contributed by atoms with Gasteiger partial charge in [0.1, 0.15) is 17.3 Å². The van der Waals surface area contributed by atoms with Crippen molar-refractivity contribution in [1.82, 2.24) is 14.9 Å². The zero-order chi connectivity index (χ0) is 21.5. The maximum atomic E-state index is 12.9. The molecule has 0 aliphatic heterocycles. The van der Waals surface area contributed by atoms with E-state index < -0.39 is 0 Å². The molecule has 30 heavy (non-hydrogen) atoms. The molecular weight excluding hydrogens is 386 g/mol. The number of H-pyrrole nitrogens is 1. The number of amides is 1. The van der Waals surface area contributed by atoms with Crippen molar-refractivity contribution in [2.45, 2.75) is 33.0 Å². The van der Waals surface area contributed by atoms with Crippen LogP contribution in [0.25, 0.3) is 0 Å². The number of furan rings is 1. The lowest BCUT2D eigenvalue weighted by molar-refractivity contribution is -0.130. The lowest BCUT2D eigenvalue weighted by atomic mass is 10.0. The number of aromatic nitrogens is 2. The maximum Gasteiger partial charge on any atom is 0.254 e. The molecule has 2 heterocycles. The summed E-state index contributed by atoms with van der Waals surface area (Å²) in [7, 11) is 3.15. The first-order valence-corrected chi connectivity index (χ1v) is 9.51. The number of carbonyl (C=O) groups excluding carboxylic acids is 1. The molecule has 3 aromatic rings. The average molecular weight is 411 g/mol. The van der Waals surface area contributed by atoms with E-state index in [0.717, 1.165) is 11.3 Å². The van der Waals surface area contributed by atoms with Crippen molar-refractivity contribution in [1.29, 1.82) is 0 Å². The monoisotopic (exact) mass is 411 g/mol. The van der Waals surface area contributed by atoms with Crippen LogP contribution in [0, 0.1) is 0 Å². The van der Waals surface area contributed by atoms with Crippen LogP contribution in [0.3, 0.4) is 0 Å². The Labute approximate surface area is 174 Å². The SMILES string of the molecule is COCc1nc(CN(Cc2ccco2)C(C)=O)[nH]c(=O)c1Cc1cccc(OC)c1. The quantitative estimate of drug-likeness (QED) is 0.581. The van der Waals surface area contributed by atoms with E-state index >= 15 is 0 Å². The van der Waals surface area contributed by atoms with E-state index in [1.165, 1.54) is 6.92 Å². The van der Waals surface area contributed by atoms with Gasteiger partial charge < -0.3 is 23.8 Å². The summed E-state index contributed by atoms with van der Waals surface area (Å²) in [5.41, 5.74) is 1.74. The molecule has 0 saturated carbocycles. The highest BCUT2D eigenvalue weighted by Gasteiger charge is 2.17. The number of rotatable bonds is 9. The second kappa shape index (κ2) is 9.89. The van der Waals surface area contributed by atoms with Gasteiger partial charge in [0.2, 0.25) is 5.91 Å². The molecule has 0 saturated heterocycles. The fourth-order valence-electron chi connectivity index (χ4n) is 3.15. The van der Waals surface area contributed by atoms with Crippen LogP contribution in [0.5, 0.6) is 5.75 Å². The van der Waals surface area contributed by atoms with E-state index in [0.29, 0.717) is 29.3 Å². The van der Waals surface area contributed by atoms with E-state index in [9.17, 15) is 9.59 Å². The number of nitrogens with zero attached hydrogens (tertiary/aromatic N) is 2. The van der Waals surface area contributed by atoms with Crippen molar-refractivity contribution in [3.8, 4) is 5.75 Å². The van der Waals surface area contributed by atoms with Gasteiger partial charge in [-0.1, -0.05) is 12.1 Å². The number of hydrogen-bond acceptors (Lipinski definition) is 6. The van der Waals surface area contributed by atoms with Crippen LogP contribution >= 0.6 is 0 Å². The normalized spacial score (nSPS) is 10.8. The first kappa shape index (κ1) is 21.3. The molecule has 0 unspecified atom stereocenters. The summed E-state index contributed by atoms with van der Waals surface area (Å²) in [5.74, 6) is 1.61. The van der Waals surface area contributed by atoms with Gasteiger partial charge in [-0.2, -0.15) is 0 Å². The molecule has 8 heteroatoms. The van der Waals surface area contributed by atoms with E-state index in [4.69, 9.17) is 13.9 Å². The molecule has 1 amide bonds. The van der Waals surface area contributed by atoms with Crippen molar-refractivity contribution in [3.63, 3.8) is 0 Å². The number of benzene rings is 1. The molecule has 3 rings (SSSR count). The molecule has 158 valence electrons. The van der Waals surface area contributed by atoms with Crippen LogP contribution in [-0.4, -0.2) is 35.0 Å². The molecule has 0 fully saturated rings. The van der Waals surface area contributed by atoms with Crippen molar-refractivity contribution in [3.05, 3.63) is 81.4 Å². The van der Waals surface area contributed by atoms with Crippen LogP contribution in [0.4, 0.5) is 0 Å². The van der Waals surface area contributed by atoms with Gasteiger partial charge in [0, 0.05) is 26.0 Å². The van der Waals surface area contributed by atoms with Crippen LogP contribution < -0.4 is 10.3 Å². The summed E-state index contributed by atoms with van der Waals surface area (Å²) in [6, 6.07) is 11.1. The minimum Gasteiger partial charge on any atom is -0.497 e. The Kier molecular flexibility index (Phi) is 7.03. The van der Waals surface area contributed by atoms with E-state index in [1.54, 1.807) is 37.5 Å². The van der Waals surface area contributed by atoms with Gasteiger partial charge >= 0.3 is 0 Å². The Morgan fingerprint density at radius 1 is 1.20 bits per heavy atom. The predicted octanol–water partition coefficient (Wildman–Crippen LogP) is 2.66. The minimum atomic E-state index is -0.253. The predicted molar refractivity (Wildman–Crippen MR) is 110 cm³/mol. The zero-order valence-electron chi connectivity index (χ0n) is 17.3. The Hall–Kier alpha value is -3.39. The van der Waals surface area contributed by atoms with Crippen LogP contribution in [0.2, 0.25) is 0 Å². The molecular formula is C22H25N3O5. The third kappa shape index (κ3) is 5.36. The number of hydrogen-bond donors (Lipinski definition) is 1. The van der Waals surface area contributed by atoms with E-state index in [-0.39, 0.29) is 31.2 Å². The first-order valence-electron chi connectivity index (χ1n) is 9.51. The van der Waals surface area contributed by atoms with Crippen molar-refractivity contribution in [2.24, 2.45) is 0 Å². The maximum absolute atomic E-state index is 12.9. The highest BCUT2D eigenvalue weighted by molar-refractivity contribution is 5.73. The molecule has 8 nitrogen and oxygen atoms in total. The minimum absolute atomic E-state index is 0.150. The van der Waals surface area contributed by atoms with Gasteiger partial charge in [-0.15, -0.1) is 0 Å². The Morgan fingerprint density at radius 3 is 2.70 bits per heavy atom. The van der Waals surface area contributed by atoms with Crippen LogP contribution in [-0.2, 0) is 35.6 Å². The zero-order valence-corrected chi connectivity index (χ0v) is 17.3. The molecule has 0 bridgehead atoms. The van der Waals surface area contributed by atoms with Gasteiger partial charge in [0.25, 0.3) is 5.56 Å². The molecule has 1 N–H and O–H groups in total. The molecule has 0 aliphatic carbocycles. The molecule has 0 aliphatic rings. The first-order chi connectivity index (χ1) is 14.5. The second-order valence-electron chi connectivity index (χ2n) is 6.85.